The van der Waals surface area contributed by atoms with E-state index in [1.165, 1.54) is 0 Å². The maximum atomic E-state index is 9.79. The monoisotopic (exact) mass is 114 g/mol. The molecule has 0 radical (unpaired) electrons. The first-order valence-corrected chi connectivity index (χ1v) is 1.71. The maximum Gasteiger partial charge on any atom is 0.268 e. The molecule has 0 aliphatic heterocycles. The molecular weight excluding hydrogens is 112 g/mol. The summed E-state index contributed by atoms with van der Waals surface area (Å²) < 4.78 is 0. The Labute approximate surface area is 44.5 Å². The predicted molar refractivity (Wildman–Crippen MR) is 22.1 cm³/mol. The molecule has 0 heterocycles. The summed E-state index contributed by atoms with van der Waals surface area (Å²) in [7, 11) is 0. The van der Waals surface area contributed by atoms with Gasteiger partial charge in [0.05, 0.1) is 0 Å². The lowest BCUT2D eigenvalue weighted by atomic mass is 10.3. The third kappa shape index (κ3) is 1.42. The molecule has 0 bridgehead atoms. The summed E-state index contributed by atoms with van der Waals surface area (Å²) in [5.74, 6) is -2.61. The van der Waals surface area contributed by atoms with E-state index in [1.807, 2.05) is 0 Å². The van der Waals surface area contributed by atoms with Gasteiger partial charge in [0.25, 0.3) is 11.6 Å². The van der Waals surface area contributed by atoms with E-state index < -0.39 is 11.6 Å². The summed E-state index contributed by atoms with van der Waals surface area (Å²) in [5.41, 5.74) is 0. The van der Waals surface area contributed by atoms with Crippen molar-refractivity contribution in [2.24, 2.45) is 0 Å². The summed E-state index contributed by atoms with van der Waals surface area (Å²) in [6, 6.07) is 0. The number of aldehydes is 2. The molecule has 0 saturated carbocycles. The zero-order valence-electron chi connectivity index (χ0n) is 3.79. The van der Waals surface area contributed by atoms with Crippen molar-refractivity contribution in [1.29, 1.82) is 0 Å². The van der Waals surface area contributed by atoms with E-state index in [0.717, 1.165) is 0 Å². The molecule has 4 nitrogen and oxygen atoms in total. The lowest BCUT2D eigenvalue weighted by Gasteiger charge is -1.72. The van der Waals surface area contributed by atoms with Crippen LogP contribution < -0.4 is 0 Å². The molecule has 0 aromatic heterocycles. The SMILES string of the molecule is O=CC(=O)C(=O)C=O. The molecule has 0 aromatic carbocycles. The number of ketones is 2. The zero-order valence-corrected chi connectivity index (χ0v) is 3.79. The first-order chi connectivity index (χ1) is 3.72. The van der Waals surface area contributed by atoms with Gasteiger partial charge in [-0.15, -0.1) is 0 Å². The highest BCUT2D eigenvalue weighted by atomic mass is 16.2. The molecular formula is C4H2O4. The fourth-order valence-corrected chi connectivity index (χ4v) is 0.116. The van der Waals surface area contributed by atoms with Gasteiger partial charge < -0.3 is 0 Å². The lowest BCUT2D eigenvalue weighted by molar-refractivity contribution is -0.142. The van der Waals surface area contributed by atoms with Crippen molar-refractivity contribution in [1.82, 2.24) is 0 Å². The second-order valence-corrected chi connectivity index (χ2v) is 0.964. The largest absolute Gasteiger partial charge is 0.294 e. The molecule has 0 fully saturated rings. The Morgan fingerprint density at radius 1 is 0.875 bits per heavy atom. The normalized spacial score (nSPS) is 7.50. The average Bonchev–Trinajstić information content (AvgIpc) is 1.84. The summed E-state index contributed by atoms with van der Waals surface area (Å²) in [6.45, 7) is 0. The summed E-state index contributed by atoms with van der Waals surface area (Å²) >= 11 is 0. The molecule has 0 rings (SSSR count). The van der Waals surface area contributed by atoms with Crippen molar-refractivity contribution in [3.8, 4) is 0 Å². The van der Waals surface area contributed by atoms with Gasteiger partial charge in [-0.2, -0.15) is 0 Å². The minimum absolute atomic E-state index is 0.198. The summed E-state index contributed by atoms with van der Waals surface area (Å²) in [4.78, 5) is 38.3. The van der Waals surface area contributed by atoms with Gasteiger partial charge in [0.15, 0.2) is 12.6 Å². The smallest absolute Gasteiger partial charge is 0.268 e. The van der Waals surface area contributed by atoms with E-state index in [-0.39, 0.29) is 12.6 Å². The van der Waals surface area contributed by atoms with Crippen LogP contribution in [0.1, 0.15) is 0 Å². The second-order valence-electron chi connectivity index (χ2n) is 0.964. The van der Waals surface area contributed by atoms with Gasteiger partial charge in [0.1, 0.15) is 0 Å². The van der Waals surface area contributed by atoms with Crippen LogP contribution in [0.15, 0.2) is 0 Å². The van der Waals surface area contributed by atoms with Crippen LogP contribution in [-0.2, 0) is 19.2 Å². The van der Waals surface area contributed by atoms with Crippen LogP contribution in [0.2, 0.25) is 0 Å². The summed E-state index contributed by atoms with van der Waals surface area (Å²) in [5, 5.41) is 0. The topological polar surface area (TPSA) is 68.3 Å². The first-order valence-electron chi connectivity index (χ1n) is 1.71. The lowest BCUT2D eigenvalue weighted by Crippen LogP contribution is -2.15. The summed E-state index contributed by atoms with van der Waals surface area (Å²) in [6.07, 6.45) is -0.395. The number of carbonyl (C=O) groups is 4. The van der Waals surface area contributed by atoms with Crippen LogP contribution in [-0.4, -0.2) is 24.1 Å². The van der Waals surface area contributed by atoms with Crippen molar-refractivity contribution in [3.05, 3.63) is 0 Å². The highest BCUT2D eigenvalue weighted by Crippen LogP contribution is 1.62. The van der Waals surface area contributed by atoms with Crippen LogP contribution in [0.4, 0.5) is 0 Å². The second kappa shape index (κ2) is 2.79. The van der Waals surface area contributed by atoms with Crippen LogP contribution >= 0.6 is 0 Å². The van der Waals surface area contributed by atoms with E-state index >= 15 is 0 Å². The molecule has 0 aliphatic carbocycles. The first kappa shape index (κ1) is 6.68. The van der Waals surface area contributed by atoms with Crippen molar-refractivity contribution in [2.75, 3.05) is 0 Å². The Kier molecular flexibility index (Phi) is 2.33. The molecule has 0 unspecified atom stereocenters. The highest BCUT2D eigenvalue weighted by molar-refractivity contribution is 6.70. The average molecular weight is 114 g/mol. The highest BCUT2D eigenvalue weighted by Gasteiger charge is 2.08. The van der Waals surface area contributed by atoms with Crippen LogP contribution in [0, 0.1) is 0 Å². The molecule has 0 spiro atoms. The number of Topliss-reactive ketones (excluding diaryl/α,β-unsaturated/α-hetero) is 2. The van der Waals surface area contributed by atoms with E-state index in [0.29, 0.717) is 0 Å². The van der Waals surface area contributed by atoms with Crippen LogP contribution in [0.25, 0.3) is 0 Å². The van der Waals surface area contributed by atoms with Gasteiger partial charge in [-0.1, -0.05) is 0 Å². The standard InChI is InChI=1S/C4H2O4/c5-1-3(7)4(8)2-6/h1-2H. The molecule has 4 heteroatoms. The Bertz CT molecular complexity index is 128. The minimum atomic E-state index is -1.31. The van der Waals surface area contributed by atoms with Gasteiger partial charge in [-0.3, -0.25) is 19.2 Å². The predicted octanol–water partition coefficient (Wildman–Crippen LogP) is -1.48. The fourth-order valence-electron chi connectivity index (χ4n) is 0.116. The fraction of sp³-hybridized carbons (Fsp3) is 0. The van der Waals surface area contributed by atoms with Gasteiger partial charge in [0, 0.05) is 0 Å². The van der Waals surface area contributed by atoms with E-state index in [1.54, 1.807) is 0 Å². The van der Waals surface area contributed by atoms with Crippen molar-refractivity contribution in [2.45, 2.75) is 0 Å². The Morgan fingerprint density at radius 2 is 1.12 bits per heavy atom. The molecule has 0 saturated heterocycles. The Balaban J connectivity index is 4.02. The van der Waals surface area contributed by atoms with Gasteiger partial charge >= 0.3 is 0 Å². The van der Waals surface area contributed by atoms with Gasteiger partial charge in [-0.25, -0.2) is 0 Å². The number of carbonyl (C=O) groups excluding carboxylic acids is 4. The number of rotatable bonds is 3. The minimum Gasteiger partial charge on any atom is -0.294 e. The van der Waals surface area contributed by atoms with E-state index in [4.69, 9.17) is 0 Å². The van der Waals surface area contributed by atoms with E-state index in [2.05, 4.69) is 0 Å². The Morgan fingerprint density at radius 3 is 1.25 bits per heavy atom. The molecule has 0 N–H and O–H groups in total. The van der Waals surface area contributed by atoms with Crippen molar-refractivity contribution in [3.63, 3.8) is 0 Å². The molecule has 0 aliphatic rings. The molecule has 42 valence electrons. The number of hydrogen-bond donors (Lipinski definition) is 0. The molecule has 0 atom stereocenters. The molecule has 0 amide bonds. The van der Waals surface area contributed by atoms with Crippen molar-refractivity contribution < 1.29 is 19.2 Å². The zero-order chi connectivity index (χ0) is 6.57. The number of hydrogen-bond acceptors (Lipinski definition) is 4. The van der Waals surface area contributed by atoms with Crippen LogP contribution in [0.5, 0.6) is 0 Å². The third-order valence-electron chi connectivity index (χ3n) is 0.457. The quantitative estimate of drug-likeness (QED) is 0.255. The Hall–Kier alpha value is -1.32. The van der Waals surface area contributed by atoms with Crippen molar-refractivity contribution >= 4 is 24.1 Å². The van der Waals surface area contributed by atoms with Gasteiger partial charge in [0.2, 0.25) is 0 Å². The maximum absolute atomic E-state index is 9.79. The molecule has 0 aromatic rings. The van der Waals surface area contributed by atoms with Crippen LogP contribution in [0.3, 0.4) is 0 Å². The van der Waals surface area contributed by atoms with E-state index in [9.17, 15) is 19.2 Å². The third-order valence-corrected chi connectivity index (χ3v) is 0.457. The molecule has 8 heavy (non-hydrogen) atoms. The van der Waals surface area contributed by atoms with Gasteiger partial charge in [-0.05, 0) is 0 Å².